The largest absolute Gasteiger partial charge is 0.454 e. The zero-order chi connectivity index (χ0) is 23.5. The molecule has 0 unspecified atom stereocenters. The molecule has 1 atom stereocenters. The smallest absolute Gasteiger partial charge is 0.325 e. The van der Waals surface area contributed by atoms with Crippen molar-refractivity contribution in [1.29, 1.82) is 0 Å². The minimum atomic E-state index is -1.33. The number of nitrogens with zero attached hydrogens (tertiary/aromatic N) is 3. The number of hydrogen-bond acceptors (Lipinski definition) is 7. The number of imide groups is 1. The lowest BCUT2D eigenvalue weighted by Crippen LogP contribution is -2.41. The SMILES string of the molecule is Cc1cc(-n2c(C)cc(C(=O)CN3C(=O)N[C@@](C)(c4ccc5c(c4)OCO5)C3=O)c2C)no1. The molecule has 10 heteroatoms. The molecule has 1 N–H and O–H groups in total. The Morgan fingerprint density at radius 1 is 1.12 bits per heavy atom. The molecule has 2 aliphatic heterocycles. The number of aromatic nitrogens is 2. The fourth-order valence-electron chi connectivity index (χ4n) is 4.33. The molecule has 5 rings (SSSR count). The third-order valence-corrected chi connectivity index (χ3v) is 6.10. The fraction of sp³-hybridized carbons (Fsp3) is 0.304. The third-order valence-electron chi connectivity index (χ3n) is 6.10. The maximum atomic E-state index is 13.3. The van der Waals surface area contributed by atoms with Crippen LogP contribution in [0.5, 0.6) is 11.5 Å². The molecule has 0 radical (unpaired) electrons. The van der Waals surface area contributed by atoms with E-state index in [1.165, 1.54) is 0 Å². The monoisotopic (exact) mass is 450 g/mol. The van der Waals surface area contributed by atoms with Gasteiger partial charge in [0.25, 0.3) is 5.91 Å². The first kappa shape index (κ1) is 20.8. The molecule has 2 aromatic heterocycles. The van der Waals surface area contributed by atoms with E-state index in [9.17, 15) is 14.4 Å². The van der Waals surface area contributed by atoms with Gasteiger partial charge in [0, 0.05) is 23.0 Å². The zero-order valence-corrected chi connectivity index (χ0v) is 18.6. The van der Waals surface area contributed by atoms with Crippen molar-refractivity contribution in [3.8, 4) is 17.3 Å². The second kappa shape index (κ2) is 7.22. The number of rotatable bonds is 5. The van der Waals surface area contributed by atoms with Gasteiger partial charge in [-0.1, -0.05) is 11.2 Å². The van der Waals surface area contributed by atoms with E-state index in [1.807, 2.05) is 6.92 Å². The summed E-state index contributed by atoms with van der Waals surface area (Å²) >= 11 is 0. The van der Waals surface area contributed by atoms with Crippen LogP contribution in [0.1, 0.15) is 40.0 Å². The van der Waals surface area contributed by atoms with E-state index in [1.54, 1.807) is 55.7 Å². The molecule has 170 valence electrons. The van der Waals surface area contributed by atoms with Crippen molar-refractivity contribution < 1.29 is 28.4 Å². The minimum Gasteiger partial charge on any atom is -0.454 e. The minimum absolute atomic E-state index is 0.1000. The first-order valence-corrected chi connectivity index (χ1v) is 10.4. The molecule has 1 fully saturated rings. The molecule has 0 saturated carbocycles. The highest BCUT2D eigenvalue weighted by Gasteiger charge is 2.50. The number of ether oxygens (including phenoxy) is 2. The molecular formula is C23H22N4O6. The lowest BCUT2D eigenvalue weighted by molar-refractivity contribution is -0.130. The summed E-state index contributed by atoms with van der Waals surface area (Å²) in [6, 6.07) is 7.91. The van der Waals surface area contributed by atoms with Crippen LogP contribution < -0.4 is 14.8 Å². The van der Waals surface area contributed by atoms with Crippen LogP contribution in [-0.4, -0.2) is 45.7 Å². The van der Waals surface area contributed by atoms with Crippen molar-refractivity contribution in [3.05, 3.63) is 58.6 Å². The van der Waals surface area contributed by atoms with Crippen molar-refractivity contribution in [2.75, 3.05) is 13.3 Å². The highest BCUT2D eigenvalue weighted by atomic mass is 16.7. The molecule has 3 amide bonds. The van der Waals surface area contributed by atoms with E-state index < -0.39 is 17.5 Å². The van der Waals surface area contributed by atoms with Gasteiger partial charge in [0.15, 0.2) is 23.1 Å². The Morgan fingerprint density at radius 2 is 1.88 bits per heavy atom. The second-order valence-corrected chi connectivity index (χ2v) is 8.35. The Hall–Kier alpha value is -4.08. The van der Waals surface area contributed by atoms with Crippen molar-refractivity contribution in [3.63, 3.8) is 0 Å². The third kappa shape index (κ3) is 3.17. The number of aryl methyl sites for hydroxylation is 2. The maximum Gasteiger partial charge on any atom is 0.325 e. The van der Waals surface area contributed by atoms with Crippen LogP contribution in [0, 0.1) is 20.8 Å². The molecule has 0 spiro atoms. The normalized spacial score (nSPS) is 19.3. The van der Waals surface area contributed by atoms with Gasteiger partial charge in [0.1, 0.15) is 11.3 Å². The van der Waals surface area contributed by atoms with Gasteiger partial charge in [-0.25, -0.2) is 4.79 Å². The van der Waals surface area contributed by atoms with E-state index in [4.69, 9.17) is 14.0 Å². The average Bonchev–Trinajstić information content (AvgIpc) is 3.52. The van der Waals surface area contributed by atoms with Gasteiger partial charge < -0.3 is 19.3 Å². The molecule has 0 aliphatic carbocycles. The number of benzene rings is 1. The summed E-state index contributed by atoms with van der Waals surface area (Å²) in [6.07, 6.45) is 0. The Morgan fingerprint density at radius 3 is 2.61 bits per heavy atom. The number of carbonyl (C=O) groups is 3. The topological polar surface area (TPSA) is 116 Å². The van der Waals surface area contributed by atoms with Crippen LogP contribution in [-0.2, 0) is 10.3 Å². The van der Waals surface area contributed by atoms with Gasteiger partial charge in [0.05, 0.1) is 6.54 Å². The quantitative estimate of drug-likeness (QED) is 0.469. The van der Waals surface area contributed by atoms with Crippen molar-refractivity contribution in [2.45, 2.75) is 33.2 Å². The van der Waals surface area contributed by atoms with Crippen LogP contribution in [0.2, 0.25) is 0 Å². The Labute approximate surface area is 189 Å². The van der Waals surface area contributed by atoms with E-state index in [2.05, 4.69) is 10.5 Å². The number of hydrogen-bond donors (Lipinski definition) is 1. The van der Waals surface area contributed by atoms with E-state index in [-0.39, 0.29) is 19.1 Å². The molecule has 33 heavy (non-hydrogen) atoms. The first-order chi connectivity index (χ1) is 15.7. The number of ketones is 1. The lowest BCUT2D eigenvalue weighted by Gasteiger charge is -2.22. The molecule has 10 nitrogen and oxygen atoms in total. The van der Waals surface area contributed by atoms with Crippen molar-refractivity contribution >= 4 is 17.7 Å². The van der Waals surface area contributed by atoms with Crippen LogP contribution >= 0.6 is 0 Å². The van der Waals surface area contributed by atoms with Gasteiger partial charge in [-0.05, 0) is 51.5 Å². The predicted octanol–water partition coefficient (Wildman–Crippen LogP) is 2.77. The summed E-state index contributed by atoms with van der Waals surface area (Å²) in [7, 11) is 0. The lowest BCUT2D eigenvalue weighted by atomic mass is 9.91. The van der Waals surface area contributed by atoms with Gasteiger partial charge >= 0.3 is 6.03 Å². The number of Topliss-reactive ketones (excluding diaryl/α,β-unsaturated/α-hetero) is 1. The van der Waals surface area contributed by atoms with Crippen molar-refractivity contribution in [2.24, 2.45) is 0 Å². The number of fused-ring (bicyclic) bond motifs is 1. The molecule has 1 aromatic carbocycles. The van der Waals surface area contributed by atoms with Crippen LogP contribution in [0.4, 0.5) is 4.79 Å². The molecule has 3 aromatic rings. The molecule has 0 bridgehead atoms. The zero-order valence-electron chi connectivity index (χ0n) is 18.6. The fourth-order valence-corrected chi connectivity index (χ4v) is 4.33. The summed E-state index contributed by atoms with van der Waals surface area (Å²) in [5, 5.41) is 6.73. The number of amides is 3. The Kier molecular flexibility index (Phi) is 4.55. The van der Waals surface area contributed by atoms with Gasteiger partial charge in [-0.15, -0.1) is 0 Å². The van der Waals surface area contributed by atoms with E-state index in [0.717, 1.165) is 10.6 Å². The average molecular weight is 450 g/mol. The maximum absolute atomic E-state index is 13.3. The molecular weight excluding hydrogens is 428 g/mol. The second-order valence-electron chi connectivity index (χ2n) is 8.35. The number of urea groups is 1. The first-order valence-electron chi connectivity index (χ1n) is 10.4. The number of nitrogens with one attached hydrogen (secondary N) is 1. The van der Waals surface area contributed by atoms with E-state index in [0.29, 0.717) is 39.9 Å². The summed E-state index contributed by atoms with van der Waals surface area (Å²) in [6.45, 7) is 6.74. The van der Waals surface area contributed by atoms with Gasteiger partial charge in [0.2, 0.25) is 6.79 Å². The molecule has 1 saturated heterocycles. The summed E-state index contributed by atoms with van der Waals surface area (Å²) in [5.74, 6) is 1.41. The van der Waals surface area contributed by atoms with Crippen molar-refractivity contribution in [1.82, 2.24) is 19.9 Å². The van der Waals surface area contributed by atoms with Crippen LogP contribution in [0.3, 0.4) is 0 Å². The Bertz CT molecular complexity index is 1320. The molecule has 2 aliphatic rings. The van der Waals surface area contributed by atoms with Gasteiger partial charge in [-0.2, -0.15) is 0 Å². The number of carbonyl (C=O) groups excluding carboxylic acids is 3. The highest BCUT2D eigenvalue weighted by molar-refractivity contribution is 6.11. The predicted molar refractivity (Wildman–Crippen MR) is 115 cm³/mol. The van der Waals surface area contributed by atoms with Gasteiger partial charge in [-0.3, -0.25) is 19.1 Å². The van der Waals surface area contributed by atoms with Crippen LogP contribution in [0.15, 0.2) is 34.9 Å². The summed E-state index contributed by atoms with van der Waals surface area (Å²) < 4.78 is 17.7. The van der Waals surface area contributed by atoms with E-state index >= 15 is 0 Å². The highest BCUT2D eigenvalue weighted by Crippen LogP contribution is 2.38. The molecule has 4 heterocycles. The van der Waals surface area contributed by atoms with Crippen LogP contribution in [0.25, 0.3) is 5.82 Å². The standard InChI is InChI=1S/C23H22N4O6/c1-12-7-16(14(3)27(12)20-8-13(2)33-25-20)17(28)10-26-21(29)23(4,24-22(26)30)15-5-6-18-19(9-15)32-11-31-18/h5-9H,10-11H2,1-4H3,(H,24,30)/t23-/m0/s1. The summed E-state index contributed by atoms with van der Waals surface area (Å²) in [5.41, 5.74) is 1.06. The Balaban J connectivity index is 1.40. The summed E-state index contributed by atoms with van der Waals surface area (Å²) in [4.78, 5) is 40.1.